The second-order valence-electron chi connectivity index (χ2n) is 6.49. The Balaban J connectivity index is 1.59. The van der Waals surface area contributed by atoms with Crippen LogP contribution in [-0.2, 0) is 0 Å². The molecule has 1 amide bonds. The Hall–Kier alpha value is -1.59. The average Bonchev–Trinajstić information content (AvgIpc) is 2.62. The van der Waals surface area contributed by atoms with Crippen LogP contribution in [0.25, 0.3) is 0 Å². The number of benzene rings is 1. The van der Waals surface area contributed by atoms with Crippen LogP contribution in [0.5, 0.6) is 5.75 Å². The average molecular weight is 317 g/mol. The van der Waals surface area contributed by atoms with E-state index in [-0.39, 0.29) is 5.91 Å². The molecule has 2 saturated heterocycles. The number of hydrogen-bond donors (Lipinski definition) is 1. The minimum absolute atomic E-state index is 0.127. The van der Waals surface area contributed by atoms with Crippen LogP contribution in [-0.4, -0.2) is 68.1 Å². The van der Waals surface area contributed by atoms with Gasteiger partial charge in [-0.2, -0.15) is 0 Å². The predicted octanol–water partition coefficient (Wildman–Crippen LogP) is 1.51. The molecule has 0 saturated carbocycles. The summed E-state index contributed by atoms with van der Waals surface area (Å²) in [7, 11) is 1.65. The zero-order valence-corrected chi connectivity index (χ0v) is 14.2. The van der Waals surface area contributed by atoms with E-state index in [1.165, 1.54) is 0 Å². The van der Waals surface area contributed by atoms with Crippen LogP contribution in [0.1, 0.15) is 28.8 Å². The number of ether oxygens (including phenoxy) is 1. The van der Waals surface area contributed by atoms with Crippen molar-refractivity contribution in [1.29, 1.82) is 0 Å². The maximum atomic E-state index is 12.7. The van der Waals surface area contributed by atoms with Gasteiger partial charge in [-0.1, -0.05) is 6.07 Å². The van der Waals surface area contributed by atoms with E-state index in [9.17, 15) is 4.79 Å². The van der Waals surface area contributed by atoms with Gasteiger partial charge in [-0.3, -0.25) is 9.69 Å². The molecule has 2 aliphatic heterocycles. The van der Waals surface area contributed by atoms with Crippen molar-refractivity contribution in [2.24, 2.45) is 0 Å². The fourth-order valence-electron chi connectivity index (χ4n) is 3.62. The van der Waals surface area contributed by atoms with Crippen molar-refractivity contribution < 1.29 is 9.53 Å². The fourth-order valence-corrected chi connectivity index (χ4v) is 3.62. The van der Waals surface area contributed by atoms with Gasteiger partial charge in [0.25, 0.3) is 5.91 Å². The molecule has 1 N–H and O–H groups in total. The van der Waals surface area contributed by atoms with Gasteiger partial charge in [0, 0.05) is 50.9 Å². The Kier molecular flexibility index (Phi) is 5.18. The lowest BCUT2D eigenvalue weighted by Crippen LogP contribution is -2.52. The standard InChI is InChI=1S/C18H27N3O2/c1-14-3-4-15(13-17(14)23-2)18(22)21-9-5-16(6-10-21)20-11-7-19-8-12-20/h3-4,13,16,19H,5-12H2,1-2H3. The number of carbonyl (C=O) groups excluding carboxylic acids is 1. The number of amides is 1. The molecule has 126 valence electrons. The van der Waals surface area contributed by atoms with E-state index in [2.05, 4.69) is 10.2 Å². The molecule has 1 aromatic carbocycles. The Morgan fingerprint density at radius 2 is 1.87 bits per heavy atom. The van der Waals surface area contributed by atoms with E-state index in [0.29, 0.717) is 6.04 Å². The van der Waals surface area contributed by atoms with Gasteiger partial charge in [-0.25, -0.2) is 0 Å². The molecule has 2 heterocycles. The van der Waals surface area contributed by atoms with E-state index < -0.39 is 0 Å². The molecular weight excluding hydrogens is 290 g/mol. The Morgan fingerprint density at radius 3 is 2.52 bits per heavy atom. The third kappa shape index (κ3) is 3.67. The zero-order chi connectivity index (χ0) is 16.2. The highest BCUT2D eigenvalue weighted by Crippen LogP contribution is 2.22. The first-order valence-corrected chi connectivity index (χ1v) is 8.57. The number of carbonyl (C=O) groups is 1. The van der Waals surface area contributed by atoms with Crippen molar-refractivity contribution in [1.82, 2.24) is 15.1 Å². The summed E-state index contributed by atoms with van der Waals surface area (Å²) in [4.78, 5) is 17.3. The quantitative estimate of drug-likeness (QED) is 0.918. The number of piperidine rings is 1. The van der Waals surface area contributed by atoms with Crippen molar-refractivity contribution in [3.05, 3.63) is 29.3 Å². The van der Waals surface area contributed by atoms with Gasteiger partial charge in [-0.15, -0.1) is 0 Å². The van der Waals surface area contributed by atoms with E-state index in [1.54, 1.807) is 7.11 Å². The van der Waals surface area contributed by atoms with Gasteiger partial charge in [-0.05, 0) is 37.5 Å². The lowest BCUT2D eigenvalue weighted by molar-refractivity contribution is 0.0601. The monoisotopic (exact) mass is 317 g/mol. The molecule has 0 aromatic heterocycles. The Labute approximate surface area is 138 Å². The summed E-state index contributed by atoms with van der Waals surface area (Å²) in [5.41, 5.74) is 1.79. The number of piperazine rings is 1. The molecule has 23 heavy (non-hydrogen) atoms. The van der Waals surface area contributed by atoms with Crippen LogP contribution in [0, 0.1) is 6.92 Å². The summed E-state index contributed by atoms with van der Waals surface area (Å²) in [5, 5.41) is 3.40. The zero-order valence-electron chi connectivity index (χ0n) is 14.2. The molecule has 2 aliphatic rings. The number of nitrogens with zero attached hydrogens (tertiary/aromatic N) is 2. The van der Waals surface area contributed by atoms with Crippen LogP contribution in [0.2, 0.25) is 0 Å². The van der Waals surface area contributed by atoms with Gasteiger partial charge >= 0.3 is 0 Å². The summed E-state index contributed by atoms with van der Waals surface area (Å²) in [6.45, 7) is 8.13. The number of aryl methyl sites for hydroxylation is 1. The normalized spacial score (nSPS) is 20.5. The molecule has 0 spiro atoms. The summed E-state index contributed by atoms with van der Waals surface area (Å²) < 4.78 is 5.34. The number of likely N-dealkylation sites (tertiary alicyclic amines) is 1. The topological polar surface area (TPSA) is 44.8 Å². The number of methoxy groups -OCH3 is 1. The highest BCUT2D eigenvalue weighted by atomic mass is 16.5. The van der Waals surface area contributed by atoms with Crippen LogP contribution in [0.3, 0.4) is 0 Å². The smallest absolute Gasteiger partial charge is 0.253 e. The number of nitrogens with one attached hydrogen (secondary N) is 1. The van der Waals surface area contributed by atoms with Crippen LogP contribution < -0.4 is 10.1 Å². The summed E-state index contributed by atoms with van der Waals surface area (Å²) in [6, 6.07) is 6.36. The molecule has 5 nitrogen and oxygen atoms in total. The molecule has 5 heteroatoms. The minimum atomic E-state index is 0.127. The summed E-state index contributed by atoms with van der Waals surface area (Å²) in [6.07, 6.45) is 2.16. The summed E-state index contributed by atoms with van der Waals surface area (Å²) in [5.74, 6) is 0.911. The predicted molar refractivity (Wildman–Crippen MR) is 91.1 cm³/mol. The first-order chi connectivity index (χ1) is 11.2. The third-order valence-electron chi connectivity index (χ3n) is 5.07. The molecule has 0 unspecified atom stereocenters. The highest BCUT2D eigenvalue weighted by molar-refractivity contribution is 5.94. The third-order valence-corrected chi connectivity index (χ3v) is 5.07. The van der Waals surface area contributed by atoms with Gasteiger partial charge in [0.1, 0.15) is 5.75 Å². The Bertz CT molecular complexity index is 547. The fraction of sp³-hybridized carbons (Fsp3) is 0.611. The first kappa shape index (κ1) is 16.3. The van der Waals surface area contributed by atoms with Gasteiger partial charge in [0.2, 0.25) is 0 Å². The molecule has 3 rings (SSSR count). The first-order valence-electron chi connectivity index (χ1n) is 8.57. The van der Waals surface area contributed by atoms with E-state index >= 15 is 0 Å². The van der Waals surface area contributed by atoms with Crippen LogP contribution >= 0.6 is 0 Å². The lowest BCUT2D eigenvalue weighted by Gasteiger charge is -2.40. The van der Waals surface area contributed by atoms with Crippen molar-refractivity contribution in [2.45, 2.75) is 25.8 Å². The molecule has 1 aromatic rings. The number of rotatable bonds is 3. The van der Waals surface area contributed by atoms with Crippen molar-refractivity contribution in [2.75, 3.05) is 46.4 Å². The van der Waals surface area contributed by atoms with E-state index in [4.69, 9.17) is 4.74 Å². The summed E-state index contributed by atoms with van der Waals surface area (Å²) >= 11 is 0. The molecule has 0 radical (unpaired) electrons. The largest absolute Gasteiger partial charge is 0.496 e. The van der Waals surface area contributed by atoms with Gasteiger partial charge in [0.15, 0.2) is 0 Å². The van der Waals surface area contributed by atoms with Crippen LogP contribution in [0.4, 0.5) is 0 Å². The molecule has 0 aliphatic carbocycles. The van der Waals surface area contributed by atoms with Crippen molar-refractivity contribution >= 4 is 5.91 Å². The van der Waals surface area contributed by atoms with Gasteiger partial charge in [0.05, 0.1) is 7.11 Å². The maximum absolute atomic E-state index is 12.7. The second kappa shape index (κ2) is 7.32. The lowest BCUT2D eigenvalue weighted by atomic mass is 10.0. The minimum Gasteiger partial charge on any atom is -0.496 e. The maximum Gasteiger partial charge on any atom is 0.253 e. The van der Waals surface area contributed by atoms with Crippen molar-refractivity contribution in [3.63, 3.8) is 0 Å². The SMILES string of the molecule is COc1cc(C(=O)N2CCC(N3CCNCC3)CC2)ccc1C. The molecule has 0 bridgehead atoms. The number of hydrogen-bond acceptors (Lipinski definition) is 4. The molecule has 0 atom stereocenters. The van der Waals surface area contributed by atoms with Crippen molar-refractivity contribution in [3.8, 4) is 5.75 Å². The highest BCUT2D eigenvalue weighted by Gasteiger charge is 2.28. The Morgan fingerprint density at radius 1 is 1.17 bits per heavy atom. The molecule has 2 fully saturated rings. The molecular formula is C18H27N3O2. The van der Waals surface area contributed by atoms with E-state index in [0.717, 1.165) is 69.0 Å². The van der Waals surface area contributed by atoms with E-state index in [1.807, 2.05) is 30.0 Å². The van der Waals surface area contributed by atoms with Crippen LogP contribution in [0.15, 0.2) is 18.2 Å². The van der Waals surface area contributed by atoms with Gasteiger partial charge < -0.3 is 15.0 Å². The second-order valence-corrected chi connectivity index (χ2v) is 6.49.